The van der Waals surface area contributed by atoms with Gasteiger partial charge < -0.3 is 20.5 Å². The minimum atomic E-state index is -0.206. The van der Waals surface area contributed by atoms with E-state index in [4.69, 9.17) is 5.73 Å². The van der Waals surface area contributed by atoms with Crippen LogP contribution in [0.1, 0.15) is 51.0 Å². The summed E-state index contributed by atoms with van der Waals surface area (Å²) in [7, 11) is 1.98. The van der Waals surface area contributed by atoms with Crippen molar-refractivity contribution >= 4 is 39.9 Å². The van der Waals surface area contributed by atoms with Crippen LogP contribution in [0.25, 0.3) is 27.9 Å². The average Bonchev–Trinajstić information content (AvgIpc) is 3.22. The van der Waals surface area contributed by atoms with Gasteiger partial charge in [0.15, 0.2) is 0 Å². The van der Waals surface area contributed by atoms with Crippen LogP contribution in [0, 0.1) is 5.92 Å². The first-order valence-corrected chi connectivity index (χ1v) is 13.0. The molecule has 0 bridgehead atoms. The molecule has 3 aromatic rings. The summed E-state index contributed by atoms with van der Waals surface area (Å²) in [6.07, 6.45) is 9.45. The van der Waals surface area contributed by atoms with E-state index < -0.39 is 0 Å². The van der Waals surface area contributed by atoms with E-state index in [1.165, 1.54) is 18.3 Å². The van der Waals surface area contributed by atoms with Crippen molar-refractivity contribution in [2.75, 3.05) is 24.1 Å². The summed E-state index contributed by atoms with van der Waals surface area (Å²) in [5, 5.41) is 3.70. The number of piperidine rings is 1. The molecule has 1 atom stereocenters. The van der Waals surface area contributed by atoms with Crippen LogP contribution >= 0.6 is 0 Å². The molecule has 2 aromatic heterocycles. The maximum atomic E-state index is 13.1. The SMILES string of the molecule is C=C(C)C(=O)Nc1ccc(-c2c(C3=CC[C@@H](C(=O)N4CCCCC4)CC3)c3c(N)ncnc3n2C)cc1. The summed E-state index contributed by atoms with van der Waals surface area (Å²) in [5.41, 5.74) is 12.5. The van der Waals surface area contributed by atoms with E-state index in [1.807, 2.05) is 31.3 Å². The van der Waals surface area contributed by atoms with Crippen molar-refractivity contribution in [3.63, 3.8) is 0 Å². The van der Waals surface area contributed by atoms with Crippen LogP contribution in [-0.4, -0.2) is 44.3 Å². The van der Waals surface area contributed by atoms with E-state index in [1.54, 1.807) is 6.92 Å². The number of anilines is 2. The van der Waals surface area contributed by atoms with Crippen LogP contribution in [0.5, 0.6) is 0 Å². The summed E-state index contributed by atoms with van der Waals surface area (Å²) < 4.78 is 2.05. The molecule has 2 aliphatic rings. The minimum absolute atomic E-state index is 0.0325. The molecule has 1 aliphatic heterocycles. The van der Waals surface area contributed by atoms with E-state index in [0.29, 0.717) is 23.0 Å². The number of hydrogen-bond donors (Lipinski definition) is 2. The van der Waals surface area contributed by atoms with Gasteiger partial charge in [-0.05, 0) is 68.7 Å². The molecule has 37 heavy (non-hydrogen) atoms. The Balaban J connectivity index is 1.51. The predicted molar refractivity (Wildman–Crippen MR) is 148 cm³/mol. The van der Waals surface area contributed by atoms with E-state index in [9.17, 15) is 9.59 Å². The number of likely N-dealkylation sites (tertiary alicyclic amines) is 1. The van der Waals surface area contributed by atoms with Gasteiger partial charge in [0.1, 0.15) is 17.8 Å². The Morgan fingerprint density at radius 1 is 1.11 bits per heavy atom. The molecule has 0 saturated carbocycles. The highest BCUT2D eigenvalue weighted by molar-refractivity contribution is 6.05. The number of nitrogen functional groups attached to an aromatic ring is 1. The number of nitrogens with zero attached hydrogens (tertiary/aromatic N) is 4. The highest BCUT2D eigenvalue weighted by Crippen LogP contribution is 2.43. The monoisotopic (exact) mass is 498 g/mol. The quantitative estimate of drug-likeness (QED) is 0.485. The fourth-order valence-corrected chi connectivity index (χ4v) is 5.53. The Morgan fingerprint density at radius 3 is 2.49 bits per heavy atom. The van der Waals surface area contributed by atoms with Crippen molar-refractivity contribution < 1.29 is 9.59 Å². The third-order valence-corrected chi connectivity index (χ3v) is 7.55. The zero-order valence-corrected chi connectivity index (χ0v) is 21.6. The number of carbonyl (C=O) groups excluding carboxylic acids is 2. The first kappa shape index (κ1) is 24.7. The molecule has 8 heteroatoms. The molecular weight excluding hydrogens is 464 g/mol. The fraction of sp³-hybridized carbons (Fsp3) is 0.379. The van der Waals surface area contributed by atoms with E-state index in [0.717, 1.165) is 73.0 Å². The number of aromatic nitrogens is 3. The summed E-state index contributed by atoms with van der Waals surface area (Å²) >= 11 is 0. The Labute approximate surface area is 217 Å². The molecule has 3 heterocycles. The molecule has 1 fully saturated rings. The number of amides is 2. The fourth-order valence-electron chi connectivity index (χ4n) is 5.53. The van der Waals surface area contributed by atoms with Crippen molar-refractivity contribution in [2.24, 2.45) is 13.0 Å². The van der Waals surface area contributed by atoms with Gasteiger partial charge in [0, 0.05) is 42.9 Å². The average molecular weight is 499 g/mol. The van der Waals surface area contributed by atoms with Crippen molar-refractivity contribution in [3.8, 4) is 11.3 Å². The second-order valence-corrected chi connectivity index (χ2v) is 10.1. The molecule has 1 saturated heterocycles. The molecule has 3 N–H and O–H groups in total. The molecule has 2 amide bonds. The Bertz CT molecular complexity index is 1400. The van der Waals surface area contributed by atoms with Crippen LogP contribution in [-0.2, 0) is 16.6 Å². The normalized spacial score (nSPS) is 17.9. The lowest BCUT2D eigenvalue weighted by Gasteiger charge is -2.31. The van der Waals surface area contributed by atoms with Crippen LogP contribution in [0.2, 0.25) is 0 Å². The third kappa shape index (κ3) is 4.75. The first-order chi connectivity index (χ1) is 17.8. The number of fused-ring (bicyclic) bond motifs is 1. The number of rotatable bonds is 5. The lowest BCUT2D eigenvalue weighted by atomic mass is 9.84. The van der Waals surface area contributed by atoms with E-state index in [2.05, 4.69) is 37.4 Å². The molecule has 0 spiro atoms. The minimum Gasteiger partial charge on any atom is -0.383 e. The standard InChI is InChI=1S/C29H34N6O2/c1-18(2)28(36)33-22-13-11-20(12-14-22)25-23(24-26(30)31-17-32-27(24)34(25)3)19-7-9-21(10-8-19)29(37)35-15-5-4-6-16-35/h7,11-14,17,21H,1,4-6,8-10,15-16H2,2-3H3,(H,33,36)(H2,30,31,32)/t21-/m1/s1. The van der Waals surface area contributed by atoms with Crippen molar-refractivity contribution in [1.82, 2.24) is 19.4 Å². The second kappa shape index (κ2) is 10.2. The van der Waals surface area contributed by atoms with Gasteiger partial charge in [-0.15, -0.1) is 0 Å². The van der Waals surface area contributed by atoms with Crippen LogP contribution < -0.4 is 11.1 Å². The number of aryl methyl sites for hydroxylation is 1. The molecule has 8 nitrogen and oxygen atoms in total. The third-order valence-electron chi connectivity index (χ3n) is 7.55. The van der Waals surface area contributed by atoms with Gasteiger partial charge in [-0.25, -0.2) is 9.97 Å². The zero-order chi connectivity index (χ0) is 26.1. The summed E-state index contributed by atoms with van der Waals surface area (Å²) in [6, 6.07) is 7.74. The van der Waals surface area contributed by atoms with Crippen molar-refractivity contribution in [2.45, 2.75) is 45.4 Å². The molecule has 1 aliphatic carbocycles. The van der Waals surface area contributed by atoms with Crippen molar-refractivity contribution in [3.05, 3.63) is 54.4 Å². The number of nitrogens with one attached hydrogen (secondary N) is 1. The van der Waals surface area contributed by atoms with Gasteiger partial charge in [-0.2, -0.15) is 0 Å². The zero-order valence-electron chi connectivity index (χ0n) is 21.6. The van der Waals surface area contributed by atoms with Crippen molar-refractivity contribution in [1.29, 1.82) is 0 Å². The van der Waals surface area contributed by atoms with Gasteiger partial charge in [-0.3, -0.25) is 9.59 Å². The number of allylic oxidation sites excluding steroid dienone is 2. The lowest BCUT2D eigenvalue weighted by Crippen LogP contribution is -2.40. The first-order valence-electron chi connectivity index (χ1n) is 13.0. The lowest BCUT2D eigenvalue weighted by molar-refractivity contribution is -0.136. The summed E-state index contributed by atoms with van der Waals surface area (Å²) in [6.45, 7) is 7.15. The molecule has 192 valence electrons. The highest BCUT2D eigenvalue weighted by atomic mass is 16.2. The number of nitrogens with two attached hydrogens (primary N) is 1. The maximum absolute atomic E-state index is 13.1. The molecule has 5 rings (SSSR count). The summed E-state index contributed by atoms with van der Waals surface area (Å²) in [5.74, 6) is 0.565. The van der Waals surface area contributed by atoms with Crippen LogP contribution in [0.15, 0.2) is 48.8 Å². The smallest absolute Gasteiger partial charge is 0.250 e. The topological polar surface area (TPSA) is 106 Å². The second-order valence-electron chi connectivity index (χ2n) is 10.1. The summed E-state index contributed by atoms with van der Waals surface area (Å²) in [4.78, 5) is 36.0. The van der Waals surface area contributed by atoms with Gasteiger partial charge in [0.05, 0.1) is 11.1 Å². The number of hydrogen-bond acceptors (Lipinski definition) is 5. The van der Waals surface area contributed by atoms with Gasteiger partial charge in [0.2, 0.25) is 5.91 Å². The highest BCUT2D eigenvalue weighted by Gasteiger charge is 2.30. The number of carbonyl (C=O) groups is 2. The van der Waals surface area contributed by atoms with E-state index >= 15 is 0 Å². The predicted octanol–water partition coefficient (Wildman–Crippen LogP) is 4.93. The Morgan fingerprint density at radius 2 is 1.84 bits per heavy atom. The largest absolute Gasteiger partial charge is 0.383 e. The van der Waals surface area contributed by atoms with Crippen LogP contribution in [0.3, 0.4) is 0 Å². The number of benzene rings is 1. The van der Waals surface area contributed by atoms with Gasteiger partial charge in [0.25, 0.3) is 5.91 Å². The van der Waals surface area contributed by atoms with Gasteiger partial charge >= 0.3 is 0 Å². The van der Waals surface area contributed by atoms with Crippen LogP contribution in [0.4, 0.5) is 11.5 Å². The molecule has 0 unspecified atom stereocenters. The Hall–Kier alpha value is -3.94. The molecule has 1 aromatic carbocycles. The Kier molecular flexibility index (Phi) is 6.82. The maximum Gasteiger partial charge on any atom is 0.250 e. The van der Waals surface area contributed by atoms with E-state index in [-0.39, 0.29) is 11.8 Å². The van der Waals surface area contributed by atoms with Gasteiger partial charge in [-0.1, -0.05) is 24.8 Å². The molecule has 0 radical (unpaired) electrons. The molecular formula is C29H34N6O2.